The lowest BCUT2D eigenvalue weighted by molar-refractivity contribution is -0.117. The molecule has 1 aliphatic rings. The van der Waals surface area contributed by atoms with Crippen molar-refractivity contribution in [2.24, 2.45) is 0 Å². The topological polar surface area (TPSA) is 109 Å². The van der Waals surface area contributed by atoms with E-state index in [4.69, 9.17) is 16.0 Å². The molecule has 11 heteroatoms. The number of carbonyl (C=O) groups is 2. The standard InChI is InChI=1S/C23H15ClN4O4S2/c24-15-7-2-1-5-14(15)12-33-23-27-26-22(34-23)28-18(13-6-3-9-25-11-13)17(20(30)21(28)31)19(29)16-8-4-10-32-16/h1-11,18,30H,12H2. The minimum Gasteiger partial charge on any atom is -0.503 e. The lowest BCUT2D eigenvalue weighted by Gasteiger charge is -2.23. The molecule has 1 amide bonds. The van der Waals surface area contributed by atoms with Crippen molar-refractivity contribution in [3.05, 3.63) is 100 Å². The quantitative estimate of drug-likeness (QED) is 0.204. The van der Waals surface area contributed by atoms with Crippen LogP contribution in [-0.4, -0.2) is 32.0 Å². The smallest absolute Gasteiger partial charge is 0.296 e. The van der Waals surface area contributed by atoms with Crippen molar-refractivity contribution in [3.63, 3.8) is 0 Å². The number of hydrogen-bond acceptors (Lipinski definition) is 9. The summed E-state index contributed by atoms with van der Waals surface area (Å²) in [6, 6.07) is 13.0. The molecule has 170 valence electrons. The van der Waals surface area contributed by atoms with Gasteiger partial charge in [-0.05, 0) is 35.4 Å². The van der Waals surface area contributed by atoms with E-state index in [2.05, 4.69) is 15.2 Å². The van der Waals surface area contributed by atoms with E-state index in [1.807, 2.05) is 24.3 Å². The second-order valence-corrected chi connectivity index (χ2v) is 9.75. The Hall–Kier alpha value is -3.47. The molecule has 0 radical (unpaired) electrons. The van der Waals surface area contributed by atoms with Crippen molar-refractivity contribution < 1.29 is 19.1 Å². The molecule has 0 saturated carbocycles. The highest BCUT2D eigenvalue weighted by Gasteiger charge is 2.46. The predicted octanol–water partition coefficient (Wildman–Crippen LogP) is 5.25. The summed E-state index contributed by atoms with van der Waals surface area (Å²) in [5, 5.41) is 20.0. The van der Waals surface area contributed by atoms with E-state index in [0.29, 0.717) is 20.7 Å². The Morgan fingerprint density at radius 1 is 1.18 bits per heavy atom. The van der Waals surface area contributed by atoms with Gasteiger partial charge in [0, 0.05) is 23.2 Å². The summed E-state index contributed by atoms with van der Waals surface area (Å²) in [5.74, 6) is -1.42. The number of ketones is 1. The minimum absolute atomic E-state index is 0.0124. The molecule has 4 aromatic rings. The average Bonchev–Trinajstić information content (AvgIpc) is 3.60. The second kappa shape index (κ2) is 9.41. The first-order valence-corrected chi connectivity index (χ1v) is 12.2. The lowest BCUT2D eigenvalue weighted by Crippen LogP contribution is -2.31. The number of hydrogen-bond donors (Lipinski definition) is 1. The van der Waals surface area contributed by atoms with Crippen LogP contribution in [0, 0.1) is 0 Å². The van der Waals surface area contributed by atoms with Gasteiger partial charge in [-0.1, -0.05) is 59.0 Å². The molecule has 1 aliphatic heterocycles. The Kier molecular flexibility index (Phi) is 6.18. The summed E-state index contributed by atoms with van der Waals surface area (Å²) < 4.78 is 5.83. The zero-order valence-corrected chi connectivity index (χ0v) is 19.7. The Labute approximate surface area is 206 Å². The first-order valence-electron chi connectivity index (χ1n) is 9.99. The molecule has 3 aromatic heterocycles. The third-order valence-electron chi connectivity index (χ3n) is 5.11. The highest BCUT2D eigenvalue weighted by molar-refractivity contribution is 8.00. The molecular formula is C23H15ClN4O4S2. The SMILES string of the molecule is O=C(C1=C(O)C(=O)N(c2nnc(SCc3ccccc3Cl)s2)C1c1cccnc1)c1ccco1. The van der Waals surface area contributed by atoms with Gasteiger partial charge in [-0.3, -0.25) is 19.5 Å². The lowest BCUT2D eigenvalue weighted by atomic mass is 9.96. The van der Waals surface area contributed by atoms with E-state index < -0.39 is 23.5 Å². The number of aromatic nitrogens is 3. The van der Waals surface area contributed by atoms with Gasteiger partial charge in [0.2, 0.25) is 10.9 Å². The maximum Gasteiger partial charge on any atom is 0.296 e. The molecule has 1 N–H and O–H groups in total. The molecule has 0 aliphatic carbocycles. The number of carbonyl (C=O) groups excluding carboxylic acids is 2. The van der Waals surface area contributed by atoms with Gasteiger partial charge in [-0.15, -0.1) is 10.2 Å². The van der Waals surface area contributed by atoms with Gasteiger partial charge in [0.15, 0.2) is 15.9 Å². The fraction of sp³-hybridized carbons (Fsp3) is 0.0870. The first-order chi connectivity index (χ1) is 16.5. The van der Waals surface area contributed by atoms with Crippen LogP contribution in [0.2, 0.25) is 5.02 Å². The van der Waals surface area contributed by atoms with Gasteiger partial charge in [-0.25, -0.2) is 0 Å². The van der Waals surface area contributed by atoms with Crippen LogP contribution in [0.3, 0.4) is 0 Å². The molecule has 1 atom stereocenters. The van der Waals surface area contributed by atoms with Crippen LogP contribution >= 0.6 is 34.7 Å². The Balaban J connectivity index is 1.48. The number of aliphatic hydroxyl groups is 1. The zero-order valence-electron chi connectivity index (χ0n) is 17.3. The molecule has 0 saturated heterocycles. The maximum atomic E-state index is 13.2. The number of Topliss-reactive ketones (excluding diaryl/α,β-unsaturated/α-hetero) is 1. The summed E-state index contributed by atoms with van der Waals surface area (Å²) in [7, 11) is 0. The van der Waals surface area contributed by atoms with Crippen LogP contribution in [-0.2, 0) is 10.5 Å². The van der Waals surface area contributed by atoms with E-state index in [1.54, 1.807) is 24.4 Å². The molecule has 5 rings (SSSR count). The fourth-order valence-corrected chi connectivity index (χ4v) is 5.69. The summed E-state index contributed by atoms with van der Waals surface area (Å²) in [6.45, 7) is 0. The minimum atomic E-state index is -0.937. The van der Waals surface area contributed by atoms with Crippen LogP contribution in [0.1, 0.15) is 27.7 Å². The van der Waals surface area contributed by atoms with Crippen LogP contribution in [0.25, 0.3) is 0 Å². The molecule has 0 fully saturated rings. The third kappa shape index (κ3) is 4.11. The van der Waals surface area contributed by atoms with E-state index in [1.165, 1.54) is 46.5 Å². The summed E-state index contributed by atoms with van der Waals surface area (Å²) in [4.78, 5) is 31.7. The van der Waals surface area contributed by atoms with Crippen molar-refractivity contribution in [1.29, 1.82) is 0 Å². The highest BCUT2D eigenvalue weighted by atomic mass is 35.5. The van der Waals surface area contributed by atoms with Crippen LogP contribution in [0.15, 0.2) is 87.3 Å². The number of furan rings is 1. The number of amides is 1. The number of rotatable bonds is 7. The van der Waals surface area contributed by atoms with E-state index in [0.717, 1.165) is 5.56 Å². The van der Waals surface area contributed by atoms with Gasteiger partial charge in [-0.2, -0.15) is 0 Å². The normalized spacial score (nSPS) is 15.9. The molecule has 34 heavy (non-hydrogen) atoms. The molecule has 8 nitrogen and oxygen atoms in total. The number of aliphatic hydroxyl groups excluding tert-OH is 1. The van der Waals surface area contributed by atoms with Crippen molar-refractivity contribution in [2.45, 2.75) is 16.1 Å². The Bertz CT molecular complexity index is 1390. The fourth-order valence-electron chi connectivity index (χ4n) is 3.54. The number of halogens is 1. The number of thioether (sulfide) groups is 1. The van der Waals surface area contributed by atoms with Crippen molar-refractivity contribution in [3.8, 4) is 0 Å². The van der Waals surface area contributed by atoms with Crippen molar-refractivity contribution in [1.82, 2.24) is 15.2 Å². The summed E-state index contributed by atoms with van der Waals surface area (Å²) >= 11 is 8.84. The molecule has 4 heterocycles. The first kappa shape index (κ1) is 22.3. The second-order valence-electron chi connectivity index (χ2n) is 7.16. The molecule has 0 spiro atoms. The Morgan fingerprint density at radius 2 is 2.03 bits per heavy atom. The van der Waals surface area contributed by atoms with Crippen LogP contribution in [0.5, 0.6) is 0 Å². The molecule has 1 unspecified atom stereocenters. The predicted molar refractivity (Wildman–Crippen MR) is 128 cm³/mol. The molecular weight excluding hydrogens is 496 g/mol. The average molecular weight is 511 g/mol. The monoisotopic (exact) mass is 510 g/mol. The number of benzene rings is 1. The summed E-state index contributed by atoms with van der Waals surface area (Å²) in [6.07, 6.45) is 4.47. The third-order valence-corrected chi connectivity index (χ3v) is 7.58. The molecule has 1 aromatic carbocycles. The zero-order chi connectivity index (χ0) is 23.7. The molecule has 0 bridgehead atoms. The van der Waals surface area contributed by atoms with E-state index in [9.17, 15) is 14.7 Å². The highest BCUT2D eigenvalue weighted by Crippen LogP contribution is 2.43. The number of pyridine rings is 1. The van der Waals surface area contributed by atoms with Gasteiger partial charge >= 0.3 is 0 Å². The number of nitrogens with zero attached hydrogens (tertiary/aromatic N) is 4. The van der Waals surface area contributed by atoms with Gasteiger partial charge < -0.3 is 9.52 Å². The Morgan fingerprint density at radius 3 is 2.76 bits per heavy atom. The van der Waals surface area contributed by atoms with E-state index in [-0.39, 0.29) is 16.5 Å². The van der Waals surface area contributed by atoms with Crippen molar-refractivity contribution >= 4 is 51.5 Å². The van der Waals surface area contributed by atoms with Crippen LogP contribution in [0.4, 0.5) is 5.13 Å². The number of anilines is 1. The maximum absolute atomic E-state index is 13.2. The van der Waals surface area contributed by atoms with Gasteiger partial charge in [0.05, 0.1) is 17.9 Å². The largest absolute Gasteiger partial charge is 0.503 e. The van der Waals surface area contributed by atoms with Gasteiger partial charge in [0.25, 0.3) is 5.91 Å². The van der Waals surface area contributed by atoms with Crippen molar-refractivity contribution in [2.75, 3.05) is 4.90 Å². The summed E-state index contributed by atoms with van der Waals surface area (Å²) in [5.41, 5.74) is 1.38. The van der Waals surface area contributed by atoms with Gasteiger partial charge in [0.1, 0.15) is 0 Å². The van der Waals surface area contributed by atoms with E-state index >= 15 is 0 Å². The van der Waals surface area contributed by atoms with Crippen LogP contribution < -0.4 is 4.90 Å².